The number of amides is 1. The number of aromatic nitrogens is 4. The number of carboxylic acid groups (broad SMARTS) is 1. The number of fused-ring (bicyclic) bond motifs is 1. The lowest BCUT2D eigenvalue weighted by atomic mass is 10.00. The second-order valence-corrected chi connectivity index (χ2v) is 13.5. The Labute approximate surface area is 282 Å². The van der Waals surface area contributed by atoms with Crippen LogP contribution in [0.2, 0.25) is 0 Å². The Balaban J connectivity index is 1.55. The van der Waals surface area contributed by atoms with E-state index < -0.39 is 21.0 Å². The number of nitrogens with zero attached hydrogens (tertiary/aromatic N) is 6. The first-order chi connectivity index (χ1) is 23.5. The molecule has 0 radical (unpaired) electrons. The van der Waals surface area contributed by atoms with Crippen LogP contribution >= 0.6 is 0 Å². The third kappa shape index (κ3) is 6.91. The van der Waals surface area contributed by atoms with E-state index in [0.29, 0.717) is 52.0 Å². The molecule has 3 aromatic heterocycles. The first-order valence-electron chi connectivity index (χ1n) is 15.4. The minimum absolute atomic E-state index is 0.0692. The van der Waals surface area contributed by atoms with Gasteiger partial charge in [0, 0.05) is 60.7 Å². The summed E-state index contributed by atoms with van der Waals surface area (Å²) in [6.07, 6.45) is 2.70. The van der Waals surface area contributed by atoms with Crippen LogP contribution in [0.5, 0.6) is 0 Å². The lowest BCUT2D eigenvalue weighted by Gasteiger charge is -2.13. The molecule has 0 atom stereocenters. The van der Waals surface area contributed by atoms with E-state index in [1.54, 1.807) is 59.4 Å². The minimum Gasteiger partial charge on any atom is -0.465 e. The number of hydrogen-bond acceptors (Lipinski definition) is 8. The van der Waals surface area contributed by atoms with Crippen molar-refractivity contribution in [2.24, 2.45) is 0 Å². The Morgan fingerprint density at radius 2 is 1.65 bits per heavy atom. The molecule has 14 heteroatoms. The van der Waals surface area contributed by atoms with Crippen LogP contribution in [0, 0.1) is 10.1 Å². The molecule has 3 heterocycles. The van der Waals surface area contributed by atoms with Gasteiger partial charge in [-0.3, -0.25) is 14.8 Å². The summed E-state index contributed by atoms with van der Waals surface area (Å²) < 4.78 is 31.6. The zero-order valence-electron chi connectivity index (χ0n) is 26.7. The van der Waals surface area contributed by atoms with Gasteiger partial charge in [0.05, 0.1) is 15.5 Å². The molecule has 0 aliphatic heterocycles. The molecule has 49 heavy (non-hydrogen) atoms. The predicted octanol–water partition coefficient (Wildman–Crippen LogP) is 6.10. The number of nitro benzene ring substituents is 1. The average Bonchev–Trinajstić information content (AvgIpc) is 3.70. The van der Waals surface area contributed by atoms with Crippen LogP contribution < -0.4 is 5.32 Å². The van der Waals surface area contributed by atoms with Crippen molar-refractivity contribution in [2.45, 2.75) is 24.4 Å². The van der Waals surface area contributed by atoms with Crippen LogP contribution in [-0.4, -0.2) is 68.8 Å². The van der Waals surface area contributed by atoms with E-state index in [4.69, 9.17) is 10.2 Å². The summed E-state index contributed by atoms with van der Waals surface area (Å²) in [7, 11) is -0.159. The number of hydrogen-bond donors (Lipinski definition) is 2. The first kappa shape index (κ1) is 33.1. The molecule has 1 amide bonds. The fourth-order valence-electron chi connectivity index (χ4n) is 5.72. The number of nitro groups is 1. The maximum atomic E-state index is 14.3. The van der Waals surface area contributed by atoms with E-state index in [0.717, 1.165) is 12.1 Å². The van der Waals surface area contributed by atoms with Gasteiger partial charge in [-0.15, -0.1) is 0 Å². The zero-order valence-corrected chi connectivity index (χ0v) is 27.5. The van der Waals surface area contributed by atoms with E-state index >= 15 is 0 Å². The molecule has 3 aromatic carbocycles. The smallest absolute Gasteiger partial charge is 0.404 e. The molecule has 2 N–H and O–H groups in total. The third-order valence-electron chi connectivity index (χ3n) is 7.93. The van der Waals surface area contributed by atoms with Crippen LogP contribution in [0.4, 0.5) is 10.5 Å². The van der Waals surface area contributed by atoms with Crippen molar-refractivity contribution in [3.8, 4) is 33.6 Å². The molecule has 6 aromatic rings. The Hall–Kier alpha value is -5.86. The highest BCUT2D eigenvalue weighted by Gasteiger charge is 2.27. The summed E-state index contributed by atoms with van der Waals surface area (Å²) in [4.78, 5) is 28.6. The van der Waals surface area contributed by atoms with Crippen LogP contribution in [0.15, 0.2) is 108 Å². The second-order valence-electron chi connectivity index (χ2n) is 11.7. The van der Waals surface area contributed by atoms with Crippen molar-refractivity contribution in [3.05, 3.63) is 119 Å². The van der Waals surface area contributed by atoms with Crippen molar-refractivity contribution < 1.29 is 23.2 Å². The van der Waals surface area contributed by atoms with Gasteiger partial charge in [0.25, 0.3) is 15.7 Å². The molecular formula is C35H33N7O6S. The molecule has 250 valence electrons. The normalized spacial score (nSPS) is 11.7. The van der Waals surface area contributed by atoms with Gasteiger partial charge in [-0.25, -0.2) is 22.2 Å². The molecule has 0 aliphatic rings. The van der Waals surface area contributed by atoms with Crippen LogP contribution in [0.3, 0.4) is 0 Å². The lowest BCUT2D eigenvalue weighted by molar-refractivity contribution is -0.384. The summed E-state index contributed by atoms with van der Waals surface area (Å²) in [5, 5.41) is 28.0. The van der Waals surface area contributed by atoms with Crippen LogP contribution in [0.25, 0.3) is 44.7 Å². The van der Waals surface area contributed by atoms with Gasteiger partial charge < -0.3 is 15.3 Å². The van der Waals surface area contributed by atoms with E-state index in [2.05, 4.69) is 10.3 Å². The number of aryl methyl sites for hydroxylation is 1. The summed E-state index contributed by atoms with van der Waals surface area (Å²) >= 11 is 0. The topological polar surface area (TPSA) is 165 Å². The third-order valence-corrected chi connectivity index (χ3v) is 9.65. The van der Waals surface area contributed by atoms with Crippen molar-refractivity contribution in [2.75, 3.05) is 20.6 Å². The van der Waals surface area contributed by atoms with Crippen LogP contribution in [0.1, 0.15) is 12.0 Å². The Morgan fingerprint density at radius 1 is 0.959 bits per heavy atom. The number of nitrogens with one attached hydrogen (secondary N) is 1. The van der Waals surface area contributed by atoms with Crippen LogP contribution in [-0.2, 0) is 23.1 Å². The summed E-state index contributed by atoms with van der Waals surface area (Å²) in [6.45, 7) is 1.31. The summed E-state index contributed by atoms with van der Waals surface area (Å²) in [5.74, 6) is 0. The van der Waals surface area contributed by atoms with E-state index in [1.165, 1.54) is 16.1 Å². The average molecular weight is 680 g/mol. The molecule has 6 rings (SSSR count). The molecule has 0 bridgehead atoms. The van der Waals surface area contributed by atoms with Gasteiger partial charge in [-0.05, 0) is 73.6 Å². The monoisotopic (exact) mass is 679 g/mol. The Morgan fingerprint density at radius 3 is 2.31 bits per heavy atom. The SMILES string of the molecule is CN(C)Cc1ccc(-c2cc3c(-c4cn(CCCNC(=O)O)nc4-c4ccc([N+](=O)[O-])cc4)ccnc3n2S(=O)(=O)c2ccccc2)cc1. The van der Waals surface area contributed by atoms with Crippen molar-refractivity contribution in [1.29, 1.82) is 0 Å². The number of benzene rings is 3. The molecule has 0 aliphatic carbocycles. The maximum Gasteiger partial charge on any atom is 0.404 e. The number of rotatable bonds is 12. The highest BCUT2D eigenvalue weighted by Crippen LogP contribution is 2.40. The highest BCUT2D eigenvalue weighted by molar-refractivity contribution is 7.90. The van der Waals surface area contributed by atoms with Gasteiger partial charge in [0.1, 0.15) is 5.69 Å². The van der Waals surface area contributed by atoms with Crippen molar-refractivity contribution in [3.63, 3.8) is 0 Å². The van der Waals surface area contributed by atoms with Crippen molar-refractivity contribution in [1.82, 2.24) is 29.0 Å². The number of non-ortho nitro benzene ring substituents is 1. The van der Waals surface area contributed by atoms with Crippen molar-refractivity contribution >= 4 is 32.8 Å². The minimum atomic E-state index is -4.11. The van der Waals surface area contributed by atoms with E-state index in [-0.39, 0.29) is 22.8 Å². The molecule has 0 spiro atoms. The lowest BCUT2D eigenvalue weighted by Crippen LogP contribution is -2.22. The molecular weight excluding hydrogens is 646 g/mol. The van der Waals surface area contributed by atoms with Gasteiger partial charge in [0.2, 0.25) is 0 Å². The van der Waals surface area contributed by atoms with Gasteiger partial charge in [-0.2, -0.15) is 5.10 Å². The molecule has 0 fully saturated rings. The quantitative estimate of drug-likeness (QED) is 0.0883. The molecule has 0 saturated carbocycles. The predicted molar refractivity (Wildman–Crippen MR) is 186 cm³/mol. The Kier molecular flexibility index (Phi) is 9.25. The standard InChI is InChI=1S/C35H33N7O6S/c1-39(2)22-24-9-11-25(12-10-24)32-21-30-29(17-19-36-34(30)41(32)49(47,48)28-7-4-3-5-8-28)31-23-40(20-6-18-37-35(43)44)38-33(31)26-13-15-27(16-14-26)42(45)46/h3-5,7-17,19,21,23,37H,6,18,20,22H2,1-2H3,(H,43,44). The zero-order chi connectivity index (χ0) is 34.7. The largest absolute Gasteiger partial charge is 0.465 e. The summed E-state index contributed by atoms with van der Waals surface area (Å²) in [6, 6.07) is 25.6. The molecule has 0 saturated heterocycles. The number of pyridine rings is 1. The number of carbonyl (C=O) groups is 1. The fraction of sp³-hybridized carbons (Fsp3) is 0.171. The first-order valence-corrected chi connectivity index (χ1v) is 16.8. The van der Waals surface area contributed by atoms with Gasteiger partial charge in [0.15, 0.2) is 5.65 Å². The van der Waals surface area contributed by atoms with E-state index in [1.807, 2.05) is 55.5 Å². The molecule has 13 nitrogen and oxygen atoms in total. The highest BCUT2D eigenvalue weighted by atomic mass is 32.2. The summed E-state index contributed by atoms with van der Waals surface area (Å²) in [5.41, 5.74) is 4.77. The van der Waals surface area contributed by atoms with Gasteiger partial charge in [-0.1, -0.05) is 42.5 Å². The van der Waals surface area contributed by atoms with E-state index in [9.17, 15) is 23.3 Å². The second kappa shape index (κ2) is 13.7. The fourth-order valence-corrected chi connectivity index (χ4v) is 7.22. The maximum absolute atomic E-state index is 14.3. The Bertz CT molecular complexity index is 2250. The molecule has 0 unspecified atom stereocenters. The van der Waals surface area contributed by atoms with Gasteiger partial charge >= 0.3 is 6.09 Å².